The fraction of sp³-hybridized carbons (Fsp3) is 0.636. The number of carboxylic acids is 1. The van der Waals surface area contributed by atoms with Crippen LogP contribution in [0.3, 0.4) is 0 Å². The molecule has 0 aromatic carbocycles. The summed E-state index contributed by atoms with van der Waals surface area (Å²) < 4.78 is 7.14. The molecule has 0 aliphatic carbocycles. The van der Waals surface area contributed by atoms with Gasteiger partial charge in [-0.25, -0.2) is 9.78 Å². The van der Waals surface area contributed by atoms with E-state index in [1.54, 1.807) is 10.8 Å². The van der Waals surface area contributed by atoms with E-state index in [9.17, 15) is 4.79 Å². The molecule has 1 aromatic heterocycles. The molecule has 0 unspecified atom stereocenters. The number of hydrogen-bond acceptors (Lipinski definition) is 3. The Labute approximate surface area is 95.1 Å². The van der Waals surface area contributed by atoms with E-state index >= 15 is 0 Å². The third-order valence-corrected chi connectivity index (χ3v) is 2.15. The van der Waals surface area contributed by atoms with Crippen molar-refractivity contribution in [2.45, 2.75) is 46.4 Å². The standard InChI is InChI=1S/C11H18N2O3/c1-7(2)13-9(6-16-8(3)4)5-12-10(13)11(14)15/h5,7-8H,6H2,1-4H3,(H,14,15). The van der Waals surface area contributed by atoms with Gasteiger partial charge in [0.25, 0.3) is 0 Å². The SMILES string of the molecule is CC(C)OCc1cnc(C(=O)O)n1C(C)C. The number of carbonyl (C=O) groups is 1. The Morgan fingerprint density at radius 1 is 1.50 bits per heavy atom. The average molecular weight is 226 g/mol. The van der Waals surface area contributed by atoms with Crippen LogP contribution in [0.1, 0.15) is 50.0 Å². The van der Waals surface area contributed by atoms with E-state index in [2.05, 4.69) is 4.98 Å². The molecule has 0 saturated heterocycles. The lowest BCUT2D eigenvalue weighted by molar-refractivity contribution is 0.0599. The van der Waals surface area contributed by atoms with Crippen molar-refractivity contribution in [3.63, 3.8) is 0 Å². The smallest absolute Gasteiger partial charge is 0.372 e. The number of imidazole rings is 1. The number of carboxylic acid groups (broad SMARTS) is 1. The Balaban J connectivity index is 2.96. The summed E-state index contributed by atoms with van der Waals surface area (Å²) in [6, 6.07) is 0.0550. The Bertz CT molecular complexity index is 369. The number of aromatic nitrogens is 2. The summed E-state index contributed by atoms with van der Waals surface area (Å²) in [5, 5.41) is 8.98. The van der Waals surface area contributed by atoms with E-state index in [1.807, 2.05) is 27.7 Å². The predicted octanol–water partition coefficient (Wildman–Crippen LogP) is 2.09. The van der Waals surface area contributed by atoms with Gasteiger partial charge in [0.2, 0.25) is 5.82 Å². The molecule has 90 valence electrons. The van der Waals surface area contributed by atoms with Gasteiger partial charge >= 0.3 is 5.97 Å². The van der Waals surface area contributed by atoms with Crippen molar-refractivity contribution in [1.82, 2.24) is 9.55 Å². The molecular formula is C11H18N2O3. The van der Waals surface area contributed by atoms with Crippen LogP contribution in [-0.2, 0) is 11.3 Å². The highest BCUT2D eigenvalue weighted by Gasteiger charge is 2.18. The van der Waals surface area contributed by atoms with Crippen LogP contribution in [-0.4, -0.2) is 26.7 Å². The number of hydrogen-bond donors (Lipinski definition) is 1. The monoisotopic (exact) mass is 226 g/mol. The molecule has 0 spiro atoms. The van der Waals surface area contributed by atoms with E-state index in [-0.39, 0.29) is 18.0 Å². The van der Waals surface area contributed by atoms with Gasteiger partial charge in [-0.15, -0.1) is 0 Å². The molecule has 0 atom stereocenters. The zero-order valence-corrected chi connectivity index (χ0v) is 10.1. The van der Waals surface area contributed by atoms with Crippen LogP contribution in [0.15, 0.2) is 6.20 Å². The molecule has 0 aliphatic heterocycles. The Morgan fingerprint density at radius 3 is 2.56 bits per heavy atom. The summed E-state index contributed by atoms with van der Waals surface area (Å²) in [6.45, 7) is 8.11. The molecule has 16 heavy (non-hydrogen) atoms. The van der Waals surface area contributed by atoms with E-state index in [0.29, 0.717) is 6.61 Å². The van der Waals surface area contributed by atoms with Gasteiger partial charge in [0.1, 0.15) is 0 Å². The molecule has 0 bridgehead atoms. The largest absolute Gasteiger partial charge is 0.475 e. The van der Waals surface area contributed by atoms with Gasteiger partial charge in [0.05, 0.1) is 24.6 Å². The van der Waals surface area contributed by atoms with E-state index in [4.69, 9.17) is 9.84 Å². The molecule has 5 heteroatoms. The molecular weight excluding hydrogens is 208 g/mol. The van der Waals surface area contributed by atoms with Crippen LogP contribution in [0.4, 0.5) is 0 Å². The lowest BCUT2D eigenvalue weighted by Gasteiger charge is -2.15. The minimum Gasteiger partial charge on any atom is -0.475 e. The predicted molar refractivity (Wildman–Crippen MR) is 59.5 cm³/mol. The fourth-order valence-electron chi connectivity index (χ4n) is 1.49. The first-order chi connectivity index (χ1) is 7.43. The highest BCUT2D eigenvalue weighted by molar-refractivity contribution is 5.83. The van der Waals surface area contributed by atoms with Crippen LogP contribution >= 0.6 is 0 Å². The summed E-state index contributed by atoms with van der Waals surface area (Å²) in [5.74, 6) is -0.943. The minimum absolute atomic E-state index is 0.0550. The van der Waals surface area contributed by atoms with Crippen LogP contribution in [0.2, 0.25) is 0 Å². The normalized spacial score (nSPS) is 11.4. The van der Waals surface area contributed by atoms with Crippen molar-refractivity contribution in [2.75, 3.05) is 0 Å². The van der Waals surface area contributed by atoms with Crippen LogP contribution in [0.25, 0.3) is 0 Å². The third kappa shape index (κ3) is 2.82. The van der Waals surface area contributed by atoms with Gasteiger partial charge < -0.3 is 14.4 Å². The first-order valence-corrected chi connectivity index (χ1v) is 5.34. The molecule has 0 fully saturated rings. The van der Waals surface area contributed by atoms with Gasteiger partial charge in [-0.3, -0.25) is 0 Å². The number of nitrogens with zero attached hydrogens (tertiary/aromatic N) is 2. The van der Waals surface area contributed by atoms with Crippen molar-refractivity contribution >= 4 is 5.97 Å². The van der Waals surface area contributed by atoms with Crippen LogP contribution in [0.5, 0.6) is 0 Å². The topological polar surface area (TPSA) is 64.3 Å². The zero-order valence-electron chi connectivity index (χ0n) is 10.1. The van der Waals surface area contributed by atoms with Crippen molar-refractivity contribution in [2.24, 2.45) is 0 Å². The van der Waals surface area contributed by atoms with Gasteiger partial charge in [-0.2, -0.15) is 0 Å². The van der Waals surface area contributed by atoms with Crippen LogP contribution < -0.4 is 0 Å². The first kappa shape index (κ1) is 12.7. The quantitative estimate of drug-likeness (QED) is 0.834. The second kappa shape index (κ2) is 5.12. The molecule has 0 amide bonds. The second-order valence-corrected chi connectivity index (χ2v) is 4.20. The molecule has 1 heterocycles. The number of rotatable bonds is 5. The zero-order chi connectivity index (χ0) is 12.3. The fourth-order valence-corrected chi connectivity index (χ4v) is 1.49. The Hall–Kier alpha value is -1.36. The first-order valence-electron chi connectivity index (χ1n) is 5.34. The summed E-state index contributed by atoms with van der Waals surface area (Å²) in [7, 11) is 0. The Morgan fingerprint density at radius 2 is 2.12 bits per heavy atom. The van der Waals surface area contributed by atoms with E-state index in [1.165, 1.54) is 0 Å². The molecule has 1 rings (SSSR count). The van der Waals surface area contributed by atoms with Crippen molar-refractivity contribution in [3.8, 4) is 0 Å². The van der Waals surface area contributed by atoms with Gasteiger partial charge in [0, 0.05) is 6.04 Å². The maximum absolute atomic E-state index is 11.0. The molecule has 1 aromatic rings. The van der Waals surface area contributed by atoms with Crippen molar-refractivity contribution in [1.29, 1.82) is 0 Å². The van der Waals surface area contributed by atoms with Gasteiger partial charge in [-0.05, 0) is 27.7 Å². The van der Waals surface area contributed by atoms with Gasteiger partial charge in [0.15, 0.2) is 0 Å². The minimum atomic E-state index is -1.01. The maximum atomic E-state index is 11.0. The summed E-state index contributed by atoms with van der Waals surface area (Å²) >= 11 is 0. The second-order valence-electron chi connectivity index (χ2n) is 4.20. The van der Waals surface area contributed by atoms with E-state index in [0.717, 1.165) is 5.69 Å². The third-order valence-electron chi connectivity index (χ3n) is 2.15. The molecule has 0 radical (unpaired) electrons. The highest BCUT2D eigenvalue weighted by atomic mass is 16.5. The van der Waals surface area contributed by atoms with Gasteiger partial charge in [-0.1, -0.05) is 0 Å². The lowest BCUT2D eigenvalue weighted by Crippen LogP contribution is -2.15. The number of ether oxygens (including phenoxy) is 1. The molecule has 5 nitrogen and oxygen atoms in total. The molecule has 0 aliphatic rings. The average Bonchev–Trinajstić information content (AvgIpc) is 2.57. The van der Waals surface area contributed by atoms with Crippen molar-refractivity contribution in [3.05, 3.63) is 17.7 Å². The summed E-state index contributed by atoms with van der Waals surface area (Å²) in [4.78, 5) is 14.9. The highest BCUT2D eigenvalue weighted by Crippen LogP contribution is 2.15. The van der Waals surface area contributed by atoms with Crippen molar-refractivity contribution < 1.29 is 14.6 Å². The molecule has 0 saturated carbocycles. The summed E-state index contributed by atoms with van der Waals surface area (Å²) in [5.41, 5.74) is 0.793. The number of aromatic carboxylic acids is 1. The Kier molecular flexibility index (Phi) is 4.06. The maximum Gasteiger partial charge on any atom is 0.372 e. The van der Waals surface area contributed by atoms with Crippen LogP contribution in [0, 0.1) is 0 Å². The molecule has 1 N–H and O–H groups in total. The lowest BCUT2D eigenvalue weighted by atomic mass is 10.3. The summed E-state index contributed by atoms with van der Waals surface area (Å²) in [6.07, 6.45) is 1.68. The van der Waals surface area contributed by atoms with E-state index < -0.39 is 5.97 Å².